The summed E-state index contributed by atoms with van der Waals surface area (Å²) in [6.45, 7) is 11.0. The van der Waals surface area contributed by atoms with Crippen molar-refractivity contribution in [2.75, 3.05) is 54.0 Å². The van der Waals surface area contributed by atoms with E-state index in [1.807, 2.05) is 7.05 Å². The van der Waals surface area contributed by atoms with Gasteiger partial charge in [0.15, 0.2) is 5.96 Å². The zero-order valence-corrected chi connectivity index (χ0v) is 21.8. The van der Waals surface area contributed by atoms with Gasteiger partial charge in [0.25, 0.3) is 0 Å². The van der Waals surface area contributed by atoms with E-state index >= 15 is 0 Å². The normalized spacial score (nSPS) is 16.4. The Bertz CT molecular complexity index is 615. The van der Waals surface area contributed by atoms with Crippen LogP contribution in [0.4, 0.5) is 0 Å². The first-order valence-corrected chi connectivity index (χ1v) is 11.1. The molecule has 0 aliphatic carbocycles. The zero-order valence-electron chi connectivity index (χ0n) is 19.5. The maximum Gasteiger partial charge on any atom is 0.191 e. The molecule has 1 aliphatic heterocycles. The molecule has 1 aliphatic rings. The molecule has 6 nitrogen and oxygen atoms in total. The predicted molar refractivity (Wildman–Crippen MR) is 138 cm³/mol. The minimum absolute atomic E-state index is 0. The van der Waals surface area contributed by atoms with E-state index in [4.69, 9.17) is 4.74 Å². The first-order valence-electron chi connectivity index (χ1n) is 11.1. The molecular weight excluding hydrogens is 489 g/mol. The largest absolute Gasteiger partial charge is 0.379 e. The summed E-state index contributed by atoms with van der Waals surface area (Å²) < 4.78 is 5.56. The van der Waals surface area contributed by atoms with Gasteiger partial charge in [0.1, 0.15) is 0 Å². The van der Waals surface area contributed by atoms with E-state index in [1.54, 1.807) is 0 Å². The van der Waals surface area contributed by atoms with Crippen LogP contribution in [0.5, 0.6) is 0 Å². The Balaban J connectivity index is 0.00000450. The highest BCUT2D eigenvalue weighted by Crippen LogP contribution is 2.19. The Morgan fingerprint density at radius 3 is 2.40 bits per heavy atom. The van der Waals surface area contributed by atoms with Crippen LogP contribution < -0.4 is 10.6 Å². The van der Waals surface area contributed by atoms with Crippen molar-refractivity contribution in [3.05, 3.63) is 35.4 Å². The Kier molecular flexibility index (Phi) is 13.6. The molecule has 0 spiro atoms. The lowest BCUT2D eigenvalue weighted by Crippen LogP contribution is -2.53. The number of guanidine groups is 1. The Hall–Kier alpha value is -0.900. The van der Waals surface area contributed by atoms with Crippen LogP contribution in [0, 0.1) is 5.92 Å². The fraction of sp³-hybridized carbons (Fsp3) is 0.696. The number of ether oxygens (including phenoxy) is 1. The summed E-state index contributed by atoms with van der Waals surface area (Å²) in [6.07, 6.45) is 2.40. The van der Waals surface area contributed by atoms with Crippen molar-refractivity contribution in [2.24, 2.45) is 10.9 Å². The molecule has 0 amide bonds. The lowest BCUT2D eigenvalue weighted by Gasteiger charge is -2.39. The van der Waals surface area contributed by atoms with E-state index in [0.717, 1.165) is 51.9 Å². The summed E-state index contributed by atoms with van der Waals surface area (Å²) in [5, 5.41) is 7.06. The van der Waals surface area contributed by atoms with Crippen molar-refractivity contribution in [3.63, 3.8) is 0 Å². The molecule has 1 aromatic rings. The molecule has 172 valence electrons. The lowest BCUT2D eigenvalue weighted by molar-refractivity contribution is 0.00272. The molecule has 1 aromatic carbocycles. The minimum Gasteiger partial charge on any atom is -0.379 e. The van der Waals surface area contributed by atoms with E-state index in [-0.39, 0.29) is 24.0 Å². The van der Waals surface area contributed by atoms with Crippen molar-refractivity contribution in [2.45, 2.75) is 45.8 Å². The quantitative estimate of drug-likeness (QED) is 0.276. The number of morpholine rings is 1. The number of aliphatic imine (C=N–C) groups is 1. The maximum absolute atomic E-state index is 5.56. The van der Waals surface area contributed by atoms with Crippen molar-refractivity contribution in [3.8, 4) is 0 Å². The van der Waals surface area contributed by atoms with Crippen molar-refractivity contribution in [1.29, 1.82) is 0 Å². The first kappa shape index (κ1) is 27.1. The number of halogens is 1. The van der Waals surface area contributed by atoms with E-state index in [1.165, 1.54) is 24.0 Å². The highest BCUT2D eigenvalue weighted by Gasteiger charge is 2.26. The van der Waals surface area contributed by atoms with Crippen molar-refractivity contribution < 1.29 is 4.74 Å². The monoisotopic (exact) mass is 531 g/mol. The molecule has 7 heteroatoms. The third-order valence-corrected chi connectivity index (χ3v) is 5.76. The summed E-state index contributed by atoms with van der Waals surface area (Å²) in [6, 6.07) is 9.25. The minimum atomic E-state index is 0. The summed E-state index contributed by atoms with van der Waals surface area (Å²) in [4.78, 5) is 9.23. The molecular formula is C23H42IN5O. The van der Waals surface area contributed by atoms with Crippen LogP contribution in [-0.4, -0.2) is 75.8 Å². The standard InChI is InChI=1S/C23H41N5O.HI/c1-6-21(7-2)22(28-11-13-29-14-12-28)17-26-23(24-3)25-16-19-9-8-10-20(15-19)18-27(4)5;/h8-10,15,21-22H,6-7,11-14,16-18H2,1-5H3,(H2,24,25,26);1H. The molecule has 30 heavy (non-hydrogen) atoms. The highest BCUT2D eigenvalue weighted by atomic mass is 127. The molecule has 2 rings (SSSR count). The molecule has 1 heterocycles. The fourth-order valence-electron chi connectivity index (χ4n) is 4.15. The third kappa shape index (κ3) is 9.08. The van der Waals surface area contributed by atoms with Crippen molar-refractivity contribution >= 4 is 29.9 Å². The topological polar surface area (TPSA) is 52.1 Å². The number of rotatable bonds is 10. The van der Waals surface area contributed by atoms with Gasteiger partial charge in [0.05, 0.1) is 13.2 Å². The Morgan fingerprint density at radius 2 is 1.80 bits per heavy atom. The van der Waals surface area contributed by atoms with Crippen LogP contribution in [-0.2, 0) is 17.8 Å². The van der Waals surface area contributed by atoms with Crippen LogP contribution in [0.2, 0.25) is 0 Å². The van der Waals surface area contributed by atoms with Gasteiger partial charge in [-0.3, -0.25) is 9.89 Å². The molecule has 0 radical (unpaired) electrons. The Labute approximate surface area is 200 Å². The predicted octanol–water partition coefficient (Wildman–Crippen LogP) is 3.17. The molecule has 1 fully saturated rings. The van der Waals surface area contributed by atoms with E-state index in [2.05, 4.69) is 77.6 Å². The van der Waals surface area contributed by atoms with Crippen LogP contribution in [0.3, 0.4) is 0 Å². The van der Waals surface area contributed by atoms with Crippen LogP contribution in [0.15, 0.2) is 29.3 Å². The van der Waals surface area contributed by atoms with Gasteiger partial charge < -0.3 is 20.3 Å². The summed E-state index contributed by atoms with van der Waals surface area (Å²) in [5.41, 5.74) is 2.61. The summed E-state index contributed by atoms with van der Waals surface area (Å²) >= 11 is 0. The number of hydrogen-bond donors (Lipinski definition) is 2. The summed E-state index contributed by atoms with van der Waals surface area (Å²) in [7, 11) is 6.04. The fourth-order valence-corrected chi connectivity index (χ4v) is 4.15. The second-order valence-corrected chi connectivity index (χ2v) is 8.16. The molecule has 0 saturated carbocycles. The van der Waals surface area contributed by atoms with Crippen LogP contribution in [0.1, 0.15) is 37.8 Å². The number of nitrogens with one attached hydrogen (secondary N) is 2. The molecule has 0 aromatic heterocycles. The second-order valence-electron chi connectivity index (χ2n) is 8.16. The third-order valence-electron chi connectivity index (χ3n) is 5.76. The first-order chi connectivity index (χ1) is 14.1. The molecule has 1 atom stereocenters. The van der Waals surface area contributed by atoms with E-state index < -0.39 is 0 Å². The van der Waals surface area contributed by atoms with Gasteiger partial charge in [0, 0.05) is 45.8 Å². The average molecular weight is 532 g/mol. The van der Waals surface area contributed by atoms with Gasteiger partial charge in [-0.1, -0.05) is 51.0 Å². The number of hydrogen-bond acceptors (Lipinski definition) is 4. The van der Waals surface area contributed by atoms with E-state index in [9.17, 15) is 0 Å². The lowest BCUT2D eigenvalue weighted by atomic mass is 9.92. The SMILES string of the molecule is CCC(CC)C(CNC(=NC)NCc1cccc(CN(C)C)c1)N1CCOCC1.I. The molecule has 2 N–H and O–H groups in total. The van der Waals surface area contributed by atoms with Gasteiger partial charge in [0.2, 0.25) is 0 Å². The van der Waals surface area contributed by atoms with Gasteiger partial charge in [-0.2, -0.15) is 0 Å². The Morgan fingerprint density at radius 1 is 1.13 bits per heavy atom. The second kappa shape index (κ2) is 15.0. The van der Waals surface area contributed by atoms with Gasteiger partial charge >= 0.3 is 0 Å². The molecule has 1 unspecified atom stereocenters. The zero-order chi connectivity index (χ0) is 21.1. The smallest absolute Gasteiger partial charge is 0.191 e. The summed E-state index contributed by atoms with van der Waals surface area (Å²) in [5.74, 6) is 1.55. The number of nitrogens with zero attached hydrogens (tertiary/aromatic N) is 3. The van der Waals surface area contributed by atoms with Crippen LogP contribution in [0.25, 0.3) is 0 Å². The van der Waals surface area contributed by atoms with Crippen LogP contribution >= 0.6 is 24.0 Å². The highest BCUT2D eigenvalue weighted by molar-refractivity contribution is 14.0. The molecule has 1 saturated heterocycles. The molecule has 0 bridgehead atoms. The average Bonchev–Trinajstić information content (AvgIpc) is 2.73. The van der Waals surface area contributed by atoms with Gasteiger partial charge in [-0.05, 0) is 31.1 Å². The number of benzene rings is 1. The van der Waals surface area contributed by atoms with Crippen molar-refractivity contribution in [1.82, 2.24) is 20.4 Å². The van der Waals surface area contributed by atoms with E-state index in [0.29, 0.717) is 12.0 Å². The van der Waals surface area contributed by atoms with Gasteiger partial charge in [-0.15, -0.1) is 24.0 Å². The van der Waals surface area contributed by atoms with Gasteiger partial charge in [-0.25, -0.2) is 0 Å². The maximum atomic E-state index is 5.56.